The highest BCUT2D eigenvalue weighted by molar-refractivity contribution is 7.17. The molecule has 1 aliphatic carbocycles. The van der Waals surface area contributed by atoms with Gasteiger partial charge in [-0.15, -0.1) is 11.3 Å². The number of aromatic nitrogens is 2. The van der Waals surface area contributed by atoms with Crippen LogP contribution in [0.25, 0.3) is 10.8 Å². The van der Waals surface area contributed by atoms with Crippen LogP contribution in [0.5, 0.6) is 0 Å². The van der Waals surface area contributed by atoms with Crippen molar-refractivity contribution in [3.8, 4) is 0 Å². The van der Waals surface area contributed by atoms with Crippen LogP contribution in [-0.2, 0) is 27.1 Å². The first-order valence-electron chi connectivity index (χ1n) is 11.1. The van der Waals surface area contributed by atoms with Crippen molar-refractivity contribution in [1.82, 2.24) is 9.78 Å². The molecule has 0 saturated carbocycles. The number of fused-ring (bicyclic) bond motifs is 2. The van der Waals surface area contributed by atoms with Crippen molar-refractivity contribution >= 4 is 45.0 Å². The van der Waals surface area contributed by atoms with Crippen molar-refractivity contribution in [2.24, 2.45) is 0 Å². The van der Waals surface area contributed by atoms with Gasteiger partial charge in [-0.05, 0) is 51.7 Å². The van der Waals surface area contributed by atoms with Gasteiger partial charge in [0.25, 0.3) is 11.5 Å². The molecule has 1 aromatic carbocycles. The highest BCUT2D eigenvalue weighted by Gasteiger charge is 2.28. The summed E-state index contributed by atoms with van der Waals surface area (Å²) in [6.07, 6.45) is 2.57. The number of thiophene rings is 1. The largest absolute Gasteiger partial charge is 0.462 e. The molecular formula is C24H25N3O6S. The van der Waals surface area contributed by atoms with Crippen LogP contribution in [0.2, 0.25) is 0 Å². The van der Waals surface area contributed by atoms with Gasteiger partial charge in [0.1, 0.15) is 5.00 Å². The third-order valence-corrected chi connectivity index (χ3v) is 6.71. The predicted molar refractivity (Wildman–Crippen MR) is 128 cm³/mol. The zero-order chi connectivity index (χ0) is 24.4. The van der Waals surface area contributed by atoms with Crippen molar-refractivity contribution < 1.29 is 23.9 Å². The average Bonchev–Trinajstić information content (AvgIpc) is 3.38. The first-order valence-corrected chi connectivity index (χ1v) is 11.9. The quantitative estimate of drug-likeness (QED) is 0.511. The lowest BCUT2D eigenvalue weighted by molar-refractivity contribution is -0.119. The second kappa shape index (κ2) is 9.76. The smallest absolute Gasteiger partial charge is 0.359 e. The van der Waals surface area contributed by atoms with Crippen LogP contribution in [0.1, 0.15) is 64.5 Å². The highest BCUT2D eigenvalue weighted by Crippen LogP contribution is 2.39. The van der Waals surface area contributed by atoms with E-state index in [1.54, 1.807) is 45.0 Å². The van der Waals surface area contributed by atoms with E-state index in [0.717, 1.165) is 29.7 Å². The molecule has 4 rings (SSSR count). The molecule has 0 bridgehead atoms. The molecule has 10 heteroatoms. The Balaban J connectivity index is 1.53. The predicted octanol–water partition coefficient (Wildman–Crippen LogP) is 3.50. The number of carbonyl (C=O) groups excluding carboxylic acids is 3. The molecule has 34 heavy (non-hydrogen) atoms. The van der Waals surface area contributed by atoms with Crippen LogP contribution in [0.4, 0.5) is 5.00 Å². The first-order chi connectivity index (χ1) is 16.3. The summed E-state index contributed by atoms with van der Waals surface area (Å²) in [6, 6.07) is 6.36. The first kappa shape index (κ1) is 23.6. The number of hydrogen-bond donors (Lipinski definition) is 1. The van der Waals surface area contributed by atoms with E-state index in [-0.39, 0.29) is 23.9 Å². The minimum Gasteiger partial charge on any atom is -0.462 e. The Kier molecular flexibility index (Phi) is 6.78. The molecule has 0 atom stereocenters. The number of amides is 1. The Bertz CT molecular complexity index is 1340. The van der Waals surface area contributed by atoms with Gasteiger partial charge in [0.15, 0.2) is 12.3 Å². The summed E-state index contributed by atoms with van der Waals surface area (Å²) in [5.74, 6) is -1.87. The van der Waals surface area contributed by atoms with Crippen molar-refractivity contribution in [3.05, 3.63) is 56.3 Å². The molecule has 1 amide bonds. The van der Waals surface area contributed by atoms with Crippen molar-refractivity contribution in [2.75, 3.05) is 18.5 Å². The summed E-state index contributed by atoms with van der Waals surface area (Å²) in [7, 11) is 0. The van der Waals surface area contributed by atoms with E-state index in [1.165, 1.54) is 16.0 Å². The van der Waals surface area contributed by atoms with E-state index in [1.807, 2.05) is 0 Å². The maximum atomic E-state index is 12.8. The van der Waals surface area contributed by atoms with Crippen LogP contribution >= 0.6 is 11.3 Å². The zero-order valence-corrected chi connectivity index (χ0v) is 20.0. The number of nitrogens with one attached hydrogen (secondary N) is 1. The fraction of sp³-hybridized carbons (Fsp3) is 0.375. The molecule has 0 aliphatic heterocycles. The summed E-state index contributed by atoms with van der Waals surface area (Å²) in [6.45, 7) is 4.95. The fourth-order valence-electron chi connectivity index (χ4n) is 3.98. The van der Waals surface area contributed by atoms with Gasteiger partial charge < -0.3 is 14.8 Å². The maximum Gasteiger partial charge on any atom is 0.359 e. The Labute approximate surface area is 199 Å². The number of hydrogen-bond acceptors (Lipinski definition) is 8. The number of rotatable bonds is 7. The van der Waals surface area contributed by atoms with Gasteiger partial charge in [0.05, 0.1) is 23.6 Å². The Hall–Kier alpha value is -3.53. The molecular weight excluding hydrogens is 458 g/mol. The van der Waals surface area contributed by atoms with E-state index in [9.17, 15) is 19.2 Å². The van der Waals surface area contributed by atoms with E-state index in [0.29, 0.717) is 21.3 Å². The summed E-state index contributed by atoms with van der Waals surface area (Å²) >= 11 is 1.35. The number of nitrogens with zero attached hydrogens (tertiary/aromatic N) is 2. The van der Waals surface area contributed by atoms with E-state index in [2.05, 4.69) is 10.4 Å². The number of carbonyl (C=O) groups is 3. The van der Waals surface area contributed by atoms with Gasteiger partial charge >= 0.3 is 11.9 Å². The normalized spacial score (nSPS) is 12.6. The van der Waals surface area contributed by atoms with Crippen molar-refractivity contribution in [1.29, 1.82) is 0 Å². The number of anilines is 1. The second-order valence-electron chi connectivity index (χ2n) is 8.14. The highest BCUT2D eigenvalue weighted by atomic mass is 32.1. The third-order valence-electron chi connectivity index (χ3n) is 5.50. The summed E-state index contributed by atoms with van der Waals surface area (Å²) in [5, 5.41) is 7.98. The van der Waals surface area contributed by atoms with Gasteiger partial charge in [-0.3, -0.25) is 9.59 Å². The van der Waals surface area contributed by atoms with Gasteiger partial charge in [-0.25, -0.2) is 14.3 Å². The van der Waals surface area contributed by atoms with Crippen LogP contribution < -0.4 is 10.9 Å². The van der Waals surface area contributed by atoms with Gasteiger partial charge in [-0.1, -0.05) is 18.2 Å². The lowest BCUT2D eigenvalue weighted by atomic mass is 10.1. The minimum absolute atomic E-state index is 0.0426. The van der Waals surface area contributed by atoms with E-state index in [4.69, 9.17) is 9.47 Å². The van der Waals surface area contributed by atoms with E-state index >= 15 is 0 Å². The monoisotopic (exact) mass is 483 g/mol. The van der Waals surface area contributed by atoms with Crippen LogP contribution in [0.3, 0.4) is 0 Å². The van der Waals surface area contributed by atoms with Crippen LogP contribution in [-0.4, -0.2) is 40.8 Å². The Morgan fingerprint density at radius 3 is 2.56 bits per heavy atom. The fourth-order valence-corrected chi connectivity index (χ4v) is 5.27. The lowest BCUT2D eigenvalue weighted by Crippen LogP contribution is -2.29. The SMILES string of the molecule is CCOC(=O)c1c(NC(=O)COC(=O)c2nn(C(C)C)c(=O)c3ccccc23)sc2c1CCC2. The Morgan fingerprint density at radius 1 is 1.12 bits per heavy atom. The van der Waals surface area contributed by atoms with Crippen LogP contribution in [0.15, 0.2) is 29.1 Å². The topological polar surface area (TPSA) is 117 Å². The minimum atomic E-state index is -0.819. The molecule has 1 N–H and O–H groups in total. The Morgan fingerprint density at radius 2 is 1.85 bits per heavy atom. The molecule has 0 spiro atoms. The average molecular weight is 484 g/mol. The molecule has 9 nitrogen and oxygen atoms in total. The molecule has 0 unspecified atom stereocenters. The van der Waals surface area contributed by atoms with Crippen molar-refractivity contribution in [3.63, 3.8) is 0 Å². The number of ether oxygens (including phenoxy) is 2. The van der Waals surface area contributed by atoms with Gasteiger partial charge in [0.2, 0.25) is 0 Å². The summed E-state index contributed by atoms with van der Waals surface area (Å²) in [5.41, 5.74) is 0.953. The molecule has 1 aliphatic rings. The van der Waals surface area contributed by atoms with Gasteiger partial charge in [0, 0.05) is 10.3 Å². The standard InChI is InChI=1S/C24H25N3O6S/c1-4-32-23(30)19-16-10-7-11-17(16)34-21(19)25-18(28)12-33-24(31)20-14-8-5-6-9-15(14)22(29)27(26-20)13(2)3/h5-6,8-9,13H,4,7,10-12H2,1-3H3,(H,25,28). The van der Waals surface area contributed by atoms with Crippen LogP contribution in [0, 0.1) is 0 Å². The molecule has 2 heterocycles. The van der Waals surface area contributed by atoms with Crippen molar-refractivity contribution in [2.45, 2.75) is 46.1 Å². The third kappa shape index (κ3) is 4.45. The number of esters is 2. The second-order valence-corrected chi connectivity index (χ2v) is 9.25. The molecule has 2 aromatic heterocycles. The molecule has 0 saturated heterocycles. The maximum absolute atomic E-state index is 12.8. The van der Waals surface area contributed by atoms with E-state index < -0.39 is 24.5 Å². The summed E-state index contributed by atoms with van der Waals surface area (Å²) < 4.78 is 11.6. The summed E-state index contributed by atoms with van der Waals surface area (Å²) in [4.78, 5) is 51.6. The lowest BCUT2D eigenvalue weighted by Gasteiger charge is -2.13. The number of benzene rings is 1. The number of aryl methyl sites for hydroxylation is 1. The molecule has 3 aromatic rings. The zero-order valence-electron chi connectivity index (χ0n) is 19.2. The molecule has 0 fully saturated rings. The molecule has 178 valence electrons. The van der Waals surface area contributed by atoms with Gasteiger partial charge in [-0.2, -0.15) is 5.10 Å². The molecule has 0 radical (unpaired) electrons.